The Morgan fingerprint density at radius 1 is 1.07 bits per heavy atom. The highest BCUT2D eigenvalue weighted by Crippen LogP contribution is 2.26. The van der Waals surface area contributed by atoms with Gasteiger partial charge >= 0.3 is 6.03 Å². The number of carbonyl (C=O) groups is 2. The number of halogens is 2. The maximum Gasteiger partial charge on any atom is 0.319 e. The maximum absolute atomic E-state index is 12.2. The molecule has 4 N–H and O–H groups in total. The van der Waals surface area contributed by atoms with Crippen molar-refractivity contribution in [3.63, 3.8) is 0 Å². The monoisotopic (exact) mass is 444 g/mol. The highest BCUT2D eigenvalue weighted by molar-refractivity contribution is 6.35. The van der Waals surface area contributed by atoms with Crippen LogP contribution in [0.2, 0.25) is 10.0 Å². The Morgan fingerprint density at radius 3 is 2.57 bits per heavy atom. The van der Waals surface area contributed by atoms with Gasteiger partial charge in [-0.2, -0.15) is 0 Å². The fraction of sp³-hybridized carbons (Fsp3) is 0.0952. The van der Waals surface area contributed by atoms with Crippen molar-refractivity contribution in [2.45, 2.75) is 13.5 Å². The summed E-state index contributed by atoms with van der Waals surface area (Å²) in [7, 11) is 0. The summed E-state index contributed by atoms with van der Waals surface area (Å²) in [5.41, 5.74) is 7.60. The summed E-state index contributed by atoms with van der Waals surface area (Å²) in [6.07, 6.45) is 1.45. The second kappa shape index (κ2) is 9.47. The lowest BCUT2D eigenvalue weighted by Crippen LogP contribution is -2.28. The first kappa shape index (κ1) is 21.4. The number of urea groups is 1. The summed E-state index contributed by atoms with van der Waals surface area (Å²) in [6, 6.07) is 12.9. The van der Waals surface area contributed by atoms with Gasteiger partial charge in [-0.1, -0.05) is 29.3 Å². The van der Waals surface area contributed by atoms with E-state index in [1.54, 1.807) is 30.3 Å². The molecule has 0 unspecified atom stereocenters. The van der Waals surface area contributed by atoms with Crippen molar-refractivity contribution in [2.75, 3.05) is 5.32 Å². The van der Waals surface area contributed by atoms with Crippen LogP contribution in [0.1, 0.15) is 21.6 Å². The number of aromatic nitrogens is 1. The van der Waals surface area contributed by atoms with Crippen molar-refractivity contribution < 1.29 is 14.3 Å². The first-order valence-corrected chi connectivity index (χ1v) is 9.60. The fourth-order valence-electron chi connectivity index (χ4n) is 2.61. The Labute approximate surface area is 183 Å². The standard InChI is InChI=1S/C21H18Cl2N4O3/c1-12-8-15(30-16-6-7-25-19(10-16)20(24)28)4-2-13(12)11-26-21(29)27-18-9-14(22)3-5-17(18)23/h2-10H,11H2,1H3,(H2,24,28)(H2,26,27,29). The third-order valence-electron chi connectivity index (χ3n) is 4.15. The number of ether oxygens (including phenoxy) is 1. The molecule has 154 valence electrons. The molecule has 0 radical (unpaired) electrons. The Kier molecular flexibility index (Phi) is 6.76. The van der Waals surface area contributed by atoms with Gasteiger partial charge in [0.05, 0.1) is 10.7 Å². The second-order valence-electron chi connectivity index (χ2n) is 6.36. The molecule has 0 aliphatic rings. The van der Waals surface area contributed by atoms with E-state index in [9.17, 15) is 9.59 Å². The number of anilines is 1. The molecule has 0 bridgehead atoms. The Bertz CT molecular complexity index is 1110. The number of carbonyl (C=O) groups excluding carboxylic acids is 2. The van der Waals surface area contributed by atoms with Crippen LogP contribution in [-0.2, 0) is 6.54 Å². The van der Waals surface area contributed by atoms with E-state index in [1.807, 2.05) is 19.1 Å². The number of primary amides is 1. The number of hydrogen-bond donors (Lipinski definition) is 3. The summed E-state index contributed by atoms with van der Waals surface area (Å²) < 4.78 is 5.76. The number of nitrogens with zero attached hydrogens (tertiary/aromatic N) is 1. The van der Waals surface area contributed by atoms with Crippen LogP contribution in [0, 0.1) is 6.92 Å². The van der Waals surface area contributed by atoms with Crippen LogP contribution in [0.4, 0.5) is 10.5 Å². The van der Waals surface area contributed by atoms with E-state index in [0.29, 0.717) is 33.8 Å². The van der Waals surface area contributed by atoms with Gasteiger partial charge in [-0.15, -0.1) is 0 Å². The molecule has 0 spiro atoms. The van der Waals surface area contributed by atoms with E-state index in [4.69, 9.17) is 33.7 Å². The van der Waals surface area contributed by atoms with Crippen molar-refractivity contribution in [1.29, 1.82) is 0 Å². The third kappa shape index (κ3) is 5.62. The number of amides is 3. The summed E-state index contributed by atoms with van der Waals surface area (Å²) in [5.74, 6) is 0.394. The first-order chi connectivity index (χ1) is 14.3. The summed E-state index contributed by atoms with van der Waals surface area (Å²) >= 11 is 12.0. The molecule has 9 heteroatoms. The molecule has 1 aromatic heterocycles. The van der Waals surface area contributed by atoms with Gasteiger partial charge in [0.25, 0.3) is 5.91 Å². The summed E-state index contributed by atoms with van der Waals surface area (Å²) in [6.45, 7) is 2.20. The van der Waals surface area contributed by atoms with Gasteiger partial charge in [0.1, 0.15) is 17.2 Å². The number of benzene rings is 2. The minimum Gasteiger partial charge on any atom is -0.457 e. The lowest BCUT2D eigenvalue weighted by molar-refractivity contribution is 0.0995. The minimum absolute atomic E-state index is 0.121. The minimum atomic E-state index is -0.629. The molecule has 0 saturated heterocycles. The Morgan fingerprint density at radius 2 is 1.83 bits per heavy atom. The number of aryl methyl sites for hydroxylation is 1. The van der Waals surface area contributed by atoms with E-state index in [1.165, 1.54) is 12.3 Å². The molecular weight excluding hydrogens is 427 g/mol. The van der Waals surface area contributed by atoms with Crippen LogP contribution in [0.3, 0.4) is 0 Å². The fourth-order valence-corrected chi connectivity index (χ4v) is 2.95. The van der Waals surface area contributed by atoms with Crippen LogP contribution in [-0.4, -0.2) is 16.9 Å². The average Bonchev–Trinajstić information content (AvgIpc) is 2.70. The van der Waals surface area contributed by atoms with E-state index in [2.05, 4.69) is 15.6 Å². The van der Waals surface area contributed by atoms with E-state index < -0.39 is 11.9 Å². The molecule has 0 saturated carbocycles. The molecule has 3 rings (SSSR count). The number of pyridine rings is 1. The zero-order valence-corrected chi connectivity index (χ0v) is 17.4. The van der Waals surface area contributed by atoms with Crippen molar-refractivity contribution in [3.05, 3.63) is 81.6 Å². The quantitative estimate of drug-likeness (QED) is 0.501. The van der Waals surface area contributed by atoms with Gasteiger partial charge in [0.15, 0.2) is 0 Å². The van der Waals surface area contributed by atoms with Crippen LogP contribution >= 0.6 is 23.2 Å². The van der Waals surface area contributed by atoms with Crippen LogP contribution in [0.15, 0.2) is 54.7 Å². The van der Waals surface area contributed by atoms with Gasteiger partial charge in [0.2, 0.25) is 0 Å². The van der Waals surface area contributed by atoms with Crippen molar-refractivity contribution in [3.8, 4) is 11.5 Å². The highest BCUT2D eigenvalue weighted by atomic mass is 35.5. The normalized spacial score (nSPS) is 10.4. The van der Waals surface area contributed by atoms with Gasteiger partial charge in [-0.25, -0.2) is 4.79 Å². The van der Waals surface area contributed by atoms with Crippen molar-refractivity contribution >= 4 is 40.8 Å². The predicted octanol–water partition coefficient (Wildman–Crippen LogP) is 4.91. The van der Waals surface area contributed by atoms with Crippen molar-refractivity contribution in [2.24, 2.45) is 5.73 Å². The van der Waals surface area contributed by atoms with E-state index >= 15 is 0 Å². The average molecular weight is 445 g/mol. The smallest absolute Gasteiger partial charge is 0.319 e. The topological polar surface area (TPSA) is 106 Å². The van der Waals surface area contributed by atoms with Crippen LogP contribution in [0.25, 0.3) is 0 Å². The number of nitrogens with one attached hydrogen (secondary N) is 2. The van der Waals surface area contributed by atoms with Crippen LogP contribution in [0.5, 0.6) is 11.5 Å². The molecule has 0 aliphatic carbocycles. The molecule has 0 atom stereocenters. The van der Waals surface area contributed by atoms with Gasteiger partial charge in [0, 0.05) is 23.8 Å². The molecular formula is C21H18Cl2N4O3. The maximum atomic E-state index is 12.2. The zero-order chi connectivity index (χ0) is 21.7. The lowest BCUT2D eigenvalue weighted by Gasteiger charge is -2.12. The second-order valence-corrected chi connectivity index (χ2v) is 7.21. The number of nitrogens with two attached hydrogens (primary N) is 1. The van der Waals surface area contributed by atoms with Crippen molar-refractivity contribution in [1.82, 2.24) is 10.3 Å². The van der Waals surface area contributed by atoms with Crippen LogP contribution < -0.4 is 21.1 Å². The molecule has 30 heavy (non-hydrogen) atoms. The summed E-state index contributed by atoms with van der Waals surface area (Å²) in [4.78, 5) is 27.3. The molecule has 3 aromatic rings. The largest absolute Gasteiger partial charge is 0.457 e. The predicted molar refractivity (Wildman–Crippen MR) is 116 cm³/mol. The van der Waals surface area contributed by atoms with Gasteiger partial charge < -0.3 is 21.1 Å². The van der Waals surface area contributed by atoms with Gasteiger partial charge in [-0.3, -0.25) is 9.78 Å². The number of rotatable bonds is 6. The van der Waals surface area contributed by atoms with E-state index in [0.717, 1.165) is 11.1 Å². The summed E-state index contributed by atoms with van der Waals surface area (Å²) in [5, 5.41) is 6.30. The highest BCUT2D eigenvalue weighted by Gasteiger charge is 2.09. The Balaban J connectivity index is 1.61. The van der Waals surface area contributed by atoms with Gasteiger partial charge in [-0.05, 0) is 54.4 Å². The zero-order valence-electron chi connectivity index (χ0n) is 15.9. The molecule has 0 fully saturated rings. The Hall–Kier alpha value is -3.29. The SMILES string of the molecule is Cc1cc(Oc2ccnc(C(N)=O)c2)ccc1CNC(=O)Nc1cc(Cl)ccc1Cl. The molecule has 3 amide bonds. The number of hydrogen-bond acceptors (Lipinski definition) is 4. The van der Waals surface area contributed by atoms with E-state index in [-0.39, 0.29) is 5.69 Å². The molecule has 2 aromatic carbocycles. The lowest BCUT2D eigenvalue weighted by atomic mass is 10.1. The molecule has 7 nitrogen and oxygen atoms in total. The molecule has 0 aliphatic heterocycles. The first-order valence-electron chi connectivity index (χ1n) is 8.85. The third-order valence-corrected chi connectivity index (χ3v) is 4.71. The molecule has 1 heterocycles.